The highest BCUT2D eigenvalue weighted by molar-refractivity contribution is 6.30. The highest BCUT2D eigenvalue weighted by atomic mass is 35.5. The third-order valence-corrected chi connectivity index (χ3v) is 3.64. The molecule has 0 saturated carbocycles. The molecule has 22 heavy (non-hydrogen) atoms. The van der Waals surface area contributed by atoms with Gasteiger partial charge in [-0.15, -0.1) is 9.89 Å². The van der Waals surface area contributed by atoms with E-state index in [4.69, 9.17) is 22.2 Å². The molecule has 1 heterocycles. The largest absolute Gasteiger partial charge is 0.436 e. The van der Waals surface area contributed by atoms with Crippen molar-refractivity contribution in [1.29, 1.82) is 0 Å². The van der Waals surface area contributed by atoms with E-state index in [1.165, 1.54) is 0 Å². The summed E-state index contributed by atoms with van der Waals surface area (Å²) >= 11 is 6.03. The van der Waals surface area contributed by atoms with Gasteiger partial charge in [-0.05, 0) is 49.2 Å². The number of aryl methyl sites for hydroxylation is 2. The zero-order chi connectivity index (χ0) is 15.9. The maximum absolute atomic E-state index is 12.0. The Balaban J connectivity index is 2.21. The van der Waals surface area contributed by atoms with Crippen molar-refractivity contribution in [2.24, 2.45) is 0 Å². The van der Waals surface area contributed by atoms with Crippen LogP contribution in [0.25, 0.3) is 10.8 Å². The second-order valence-electron chi connectivity index (χ2n) is 5.07. The van der Waals surface area contributed by atoms with Gasteiger partial charge in [-0.3, -0.25) is 4.79 Å². The Labute approximate surface area is 131 Å². The summed E-state index contributed by atoms with van der Waals surface area (Å²) in [5.74, 6) is 6.57. The average Bonchev–Trinajstić information content (AvgIpc) is 2.47. The second-order valence-corrected chi connectivity index (χ2v) is 5.51. The van der Waals surface area contributed by atoms with Gasteiger partial charge in [0.05, 0.1) is 10.8 Å². The first-order chi connectivity index (χ1) is 10.5. The minimum atomic E-state index is -0.368. The lowest BCUT2D eigenvalue weighted by molar-refractivity contribution is 0.445. The lowest BCUT2D eigenvalue weighted by Gasteiger charge is -2.13. The van der Waals surface area contributed by atoms with E-state index in [9.17, 15) is 4.79 Å². The molecule has 0 unspecified atom stereocenters. The van der Waals surface area contributed by atoms with Crippen LogP contribution in [0.2, 0.25) is 5.02 Å². The monoisotopic (exact) mass is 315 g/mol. The van der Waals surface area contributed by atoms with Gasteiger partial charge in [-0.25, -0.2) is 0 Å². The summed E-state index contributed by atoms with van der Waals surface area (Å²) in [6, 6.07) is 10.7. The molecule has 0 amide bonds. The van der Waals surface area contributed by atoms with Crippen molar-refractivity contribution in [2.45, 2.75) is 13.8 Å². The van der Waals surface area contributed by atoms with Crippen LogP contribution < -0.4 is 16.1 Å². The molecule has 0 radical (unpaired) electrons. The van der Waals surface area contributed by atoms with E-state index < -0.39 is 0 Å². The van der Waals surface area contributed by atoms with Gasteiger partial charge in [-0.1, -0.05) is 23.7 Å². The Morgan fingerprint density at radius 2 is 1.73 bits per heavy atom. The molecule has 3 aromatic rings. The van der Waals surface area contributed by atoms with Crippen molar-refractivity contribution < 1.29 is 4.74 Å². The number of benzene rings is 2. The fourth-order valence-electron chi connectivity index (χ4n) is 2.41. The predicted molar refractivity (Wildman–Crippen MR) is 87.2 cm³/mol. The van der Waals surface area contributed by atoms with Crippen molar-refractivity contribution in [3.63, 3.8) is 0 Å². The molecule has 2 N–H and O–H groups in total. The Morgan fingerprint density at radius 3 is 2.36 bits per heavy atom. The van der Waals surface area contributed by atoms with Crippen molar-refractivity contribution in [2.75, 3.05) is 5.84 Å². The SMILES string of the molecule is Cc1cc(Cl)cc(C)c1Oc1nn(N)c(=O)c2ccccc12. The van der Waals surface area contributed by atoms with Crippen LogP contribution in [0.4, 0.5) is 0 Å². The minimum absolute atomic E-state index is 0.284. The van der Waals surface area contributed by atoms with Crippen molar-refractivity contribution in [3.05, 3.63) is 62.9 Å². The lowest BCUT2D eigenvalue weighted by Crippen LogP contribution is -2.30. The van der Waals surface area contributed by atoms with E-state index in [0.29, 0.717) is 21.5 Å². The third kappa shape index (κ3) is 2.40. The second kappa shape index (κ2) is 5.35. The van der Waals surface area contributed by atoms with Crippen molar-refractivity contribution in [3.8, 4) is 11.6 Å². The normalized spacial score (nSPS) is 10.9. The number of nitrogens with zero attached hydrogens (tertiary/aromatic N) is 2. The average molecular weight is 316 g/mol. The van der Waals surface area contributed by atoms with Crippen LogP contribution in [-0.2, 0) is 0 Å². The topological polar surface area (TPSA) is 70.1 Å². The first-order valence-corrected chi connectivity index (χ1v) is 7.07. The third-order valence-electron chi connectivity index (χ3n) is 3.42. The molecule has 6 heteroatoms. The van der Waals surface area contributed by atoms with Crippen molar-refractivity contribution in [1.82, 2.24) is 9.89 Å². The van der Waals surface area contributed by atoms with Gasteiger partial charge in [0.1, 0.15) is 5.75 Å². The predicted octanol–water partition coefficient (Wildman–Crippen LogP) is 3.17. The molecule has 0 fully saturated rings. The van der Waals surface area contributed by atoms with Gasteiger partial charge in [-0.2, -0.15) is 0 Å². The number of halogens is 1. The number of nitrogen functional groups attached to an aromatic ring is 1. The smallest absolute Gasteiger partial charge is 0.293 e. The molecule has 0 atom stereocenters. The molecular formula is C16H14ClN3O2. The maximum Gasteiger partial charge on any atom is 0.293 e. The quantitative estimate of drug-likeness (QED) is 0.737. The molecule has 0 spiro atoms. The first kappa shape index (κ1) is 14.4. The minimum Gasteiger partial charge on any atom is -0.436 e. The van der Waals surface area contributed by atoms with Crippen LogP contribution in [0.1, 0.15) is 11.1 Å². The van der Waals surface area contributed by atoms with Gasteiger partial charge in [0.25, 0.3) is 5.56 Å². The Morgan fingerprint density at radius 1 is 1.14 bits per heavy atom. The summed E-state index contributed by atoms with van der Waals surface area (Å²) < 4.78 is 5.93. The van der Waals surface area contributed by atoms with Gasteiger partial charge in [0, 0.05) is 5.02 Å². The van der Waals surface area contributed by atoms with E-state index in [-0.39, 0.29) is 11.4 Å². The lowest BCUT2D eigenvalue weighted by atomic mass is 10.1. The van der Waals surface area contributed by atoms with E-state index in [2.05, 4.69) is 5.10 Å². The molecule has 0 aliphatic carbocycles. The standard InChI is InChI=1S/C16H14ClN3O2/c1-9-7-11(17)8-10(2)14(9)22-15-12-5-3-4-6-13(12)16(21)20(18)19-15/h3-8H,18H2,1-2H3. The zero-order valence-corrected chi connectivity index (χ0v) is 12.9. The van der Waals surface area contributed by atoms with Gasteiger partial charge in [0.2, 0.25) is 5.88 Å². The van der Waals surface area contributed by atoms with Crippen LogP contribution in [0, 0.1) is 13.8 Å². The van der Waals surface area contributed by atoms with Crippen LogP contribution in [0.3, 0.4) is 0 Å². The van der Waals surface area contributed by atoms with Crippen LogP contribution >= 0.6 is 11.6 Å². The number of rotatable bonds is 2. The maximum atomic E-state index is 12.0. The van der Waals surface area contributed by atoms with Crippen LogP contribution in [-0.4, -0.2) is 9.89 Å². The number of aromatic nitrogens is 2. The summed E-state index contributed by atoms with van der Waals surface area (Å²) in [5.41, 5.74) is 1.39. The summed E-state index contributed by atoms with van der Waals surface area (Å²) in [4.78, 5) is 12.8. The summed E-state index contributed by atoms with van der Waals surface area (Å²) in [5, 5.41) is 5.74. The molecule has 5 nitrogen and oxygen atoms in total. The fourth-order valence-corrected chi connectivity index (χ4v) is 2.73. The zero-order valence-electron chi connectivity index (χ0n) is 12.1. The molecule has 2 aromatic carbocycles. The van der Waals surface area contributed by atoms with E-state index in [0.717, 1.165) is 15.9 Å². The van der Waals surface area contributed by atoms with Gasteiger partial charge >= 0.3 is 0 Å². The van der Waals surface area contributed by atoms with E-state index in [1.54, 1.807) is 18.2 Å². The Bertz CT molecular complexity index is 911. The van der Waals surface area contributed by atoms with Crippen LogP contribution in [0.15, 0.2) is 41.2 Å². The highest BCUT2D eigenvalue weighted by Gasteiger charge is 2.13. The summed E-state index contributed by atoms with van der Waals surface area (Å²) in [6.45, 7) is 3.80. The Hall–Kier alpha value is -2.53. The summed E-state index contributed by atoms with van der Waals surface area (Å²) in [7, 11) is 0. The first-order valence-electron chi connectivity index (χ1n) is 6.69. The Kier molecular flexibility index (Phi) is 3.50. The molecule has 1 aromatic heterocycles. The van der Waals surface area contributed by atoms with Crippen molar-refractivity contribution >= 4 is 22.4 Å². The number of fused-ring (bicyclic) bond motifs is 1. The van der Waals surface area contributed by atoms with E-state index >= 15 is 0 Å². The molecule has 0 aliphatic heterocycles. The molecule has 0 aliphatic rings. The molecule has 0 saturated heterocycles. The molecule has 0 bridgehead atoms. The molecule has 3 rings (SSSR count). The van der Waals surface area contributed by atoms with E-state index in [1.807, 2.05) is 32.0 Å². The number of hydrogen-bond donors (Lipinski definition) is 1. The summed E-state index contributed by atoms with van der Waals surface area (Å²) in [6.07, 6.45) is 0. The molecule has 112 valence electrons. The highest BCUT2D eigenvalue weighted by Crippen LogP contribution is 2.32. The number of hydrogen-bond acceptors (Lipinski definition) is 4. The van der Waals surface area contributed by atoms with Gasteiger partial charge < -0.3 is 10.6 Å². The van der Waals surface area contributed by atoms with Gasteiger partial charge in [0.15, 0.2) is 0 Å². The fraction of sp³-hybridized carbons (Fsp3) is 0.125. The van der Waals surface area contributed by atoms with Crippen LogP contribution in [0.5, 0.6) is 11.6 Å². The number of nitrogens with two attached hydrogens (primary N) is 1. The number of ether oxygens (including phenoxy) is 1. The molecular weight excluding hydrogens is 302 g/mol.